The lowest BCUT2D eigenvalue weighted by atomic mass is 9.94. The number of hydrogen-bond acceptors (Lipinski definition) is 3. The van der Waals surface area contributed by atoms with Gasteiger partial charge in [-0.05, 0) is 16.9 Å². The lowest BCUT2D eigenvalue weighted by Gasteiger charge is -2.34. The average molecular weight is 192 g/mol. The maximum atomic E-state index is 11.6. The smallest absolute Gasteiger partial charge is 0.114 e. The molecule has 3 atom stereocenters. The Morgan fingerprint density at radius 1 is 1.54 bits per heavy atom. The molecule has 3 nitrogen and oxygen atoms in total. The van der Waals surface area contributed by atoms with Gasteiger partial charge in [0.05, 0.1) is 18.3 Å². The van der Waals surface area contributed by atoms with Crippen LogP contribution >= 0.6 is 0 Å². The average Bonchev–Trinajstić information content (AvgIpc) is 2.03. The summed E-state index contributed by atoms with van der Waals surface area (Å²) in [5.74, 6) is 0.345. The zero-order valence-corrected chi connectivity index (χ0v) is 8.07. The van der Waals surface area contributed by atoms with Crippen LogP contribution in [0.5, 0.6) is 0 Å². The van der Waals surface area contributed by atoms with E-state index in [1.165, 1.54) is 0 Å². The summed E-state index contributed by atoms with van der Waals surface area (Å²) in [7, 11) is 0. The van der Waals surface area contributed by atoms with Gasteiger partial charge in [0.25, 0.3) is 0 Å². The van der Waals surface area contributed by atoms with Crippen LogP contribution in [0.25, 0.3) is 0 Å². The van der Waals surface area contributed by atoms with Crippen molar-refractivity contribution >= 4 is 0 Å². The van der Waals surface area contributed by atoms with E-state index in [4.69, 9.17) is 4.74 Å². The van der Waals surface area contributed by atoms with Crippen molar-refractivity contribution in [1.29, 1.82) is 0 Å². The van der Waals surface area contributed by atoms with Crippen LogP contribution in [0.2, 0.25) is 0 Å². The van der Waals surface area contributed by atoms with Crippen molar-refractivity contribution in [2.24, 2.45) is 5.92 Å². The summed E-state index contributed by atoms with van der Waals surface area (Å²) in [6.07, 6.45) is 0.430. The normalized spacial score (nSPS) is 35.3. The van der Waals surface area contributed by atoms with Gasteiger partial charge in [0.1, 0.15) is 6.61 Å². The molecule has 1 heterocycles. The van der Waals surface area contributed by atoms with Gasteiger partial charge in [-0.15, -0.1) is 0 Å². The molecule has 0 amide bonds. The fourth-order valence-electron chi connectivity index (χ4n) is 1.63. The quantitative estimate of drug-likeness (QED) is 0.735. The summed E-state index contributed by atoms with van der Waals surface area (Å²) >= 11 is 0. The van der Waals surface area contributed by atoms with Crippen molar-refractivity contribution in [3.8, 4) is 0 Å². The first-order valence-corrected chi connectivity index (χ1v) is 4.70. The Morgan fingerprint density at radius 2 is 2.23 bits per heavy atom. The fourth-order valence-corrected chi connectivity index (χ4v) is 1.63. The van der Waals surface area contributed by atoms with E-state index >= 15 is 0 Å². The standard InChI is InChI=1S/C9H17FO3/c1-6(2)9-4-7(11)3-8(13-9)5-12-10/h6-9,11H,3-5H2,1-2H3. The molecule has 0 bridgehead atoms. The maximum Gasteiger partial charge on any atom is 0.114 e. The minimum atomic E-state index is -0.388. The van der Waals surface area contributed by atoms with Crippen LogP contribution in [0.15, 0.2) is 0 Å². The number of aliphatic hydroxyl groups excluding tert-OH is 1. The van der Waals surface area contributed by atoms with Gasteiger partial charge in [0.2, 0.25) is 0 Å². The molecule has 0 aromatic carbocycles. The number of ether oxygens (including phenoxy) is 1. The topological polar surface area (TPSA) is 38.7 Å². The third kappa shape index (κ3) is 3.21. The zero-order chi connectivity index (χ0) is 9.84. The summed E-state index contributed by atoms with van der Waals surface area (Å²) in [5.41, 5.74) is 0. The molecule has 0 aromatic heterocycles. The van der Waals surface area contributed by atoms with Crippen LogP contribution in [-0.2, 0) is 9.68 Å². The van der Waals surface area contributed by atoms with E-state index < -0.39 is 0 Å². The van der Waals surface area contributed by atoms with E-state index in [0.29, 0.717) is 18.8 Å². The summed E-state index contributed by atoms with van der Waals surface area (Å²) in [6.45, 7) is 3.96. The van der Waals surface area contributed by atoms with E-state index in [0.717, 1.165) is 0 Å². The van der Waals surface area contributed by atoms with Gasteiger partial charge in [-0.3, -0.25) is 0 Å². The van der Waals surface area contributed by atoms with Crippen molar-refractivity contribution in [2.75, 3.05) is 6.61 Å². The minimum absolute atomic E-state index is 0.0175. The van der Waals surface area contributed by atoms with Gasteiger partial charge >= 0.3 is 0 Å². The number of rotatable bonds is 3. The third-order valence-electron chi connectivity index (χ3n) is 2.40. The summed E-state index contributed by atoms with van der Waals surface area (Å²) in [6, 6.07) is 0. The molecule has 0 spiro atoms. The highest BCUT2D eigenvalue weighted by Crippen LogP contribution is 2.24. The third-order valence-corrected chi connectivity index (χ3v) is 2.40. The summed E-state index contributed by atoms with van der Waals surface area (Å²) in [5, 5.41) is 9.47. The van der Waals surface area contributed by atoms with Crippen molar-refractivity contribution in [3.05, 3.63) is 0 Å². The Morgan fingerprint density at radius 3 is 2.77 bits per heavy atom. The van der Waals surface area contributed by atoms with Crippen LogP contribution in [0.3, 0.4) is 0 Å². The highest BCUT2D eigenvalue weighted by atomic mass is 19.3. The first-order chi connectivity index (χ1) is 6.13. The highest BCUT2D eigenvalue weighted by molar-refractivity contribution is 4.78. The SMILES string of the molecule is CC(C)C1CC(O)CC(COF)O1. The molecule has 1 saturated heterocycles. The van der Waals surface area contributed by atoms with E-state index in [1.54, 1.807) is 0 Å². The van der Waals surface area contributed by atoms with E-state index in [1.807, 2.05) is 13.8 Å². The summed E-state index contributed by atoms with van der Waals surface area (Å²) < 4.78 is 17.1. The van der Waals surface area contributed by atoms with Crippen molar-refractivity contribution in [1.82, 2.24) is 0 Å². The summed E-state index contributed by atoms with van der Waals surface area (Å²) in [4.78, 5) is 3.52. The largest absolute Gasteiger partial charge is 0.393 e. The van der Waals surface area contributed by atoms with E-state index in [-0.39, 0.29) is 24.9 Å². The molecular formula is C9H17FO3. The molecule has 0 saturated carbocycles. The molecule has 4 heteroatoms. The van der Waals surface area contributed by atoms with Crippen LogP contribution in [-0.4, -0.2) is 30.0 Å². The van der Waals surface area contributed by atoms with Crippen LogP contribution in [0.1, 0.15) is 26.7 Å². The molecule has 1 rings (SSSR count). The predicted octanol–water partition coefficient (Wildman–Crippen LogP) is 1.45. The number of aliphatic hydroxyl groups is 1. The molecule has 1 N–H and O–H groups in total. The van der Waals surface area contributed by atoms with Crippen LogP contribution < -0.4 is 0 Å². The second-order valence-electron chi connectivity index (χ2n) is 3.94. The van der Waals surface area contributed by atoms with Gasteiger partial charge < -0.3 is 9.84 Å². The number of hydrogen-bond donors (Lipinski definition) is 1. The molecule has 0 aliphatic carbocycles. The Balaban J connectivity index is 2.42. The van der Waals surface area contributed by atoms with E-state index in [2.05, 4.69) is 4.94 Å². The van der Waals surface area contributed by atoms with Gasteiger partial charge in [0.15, 0.2) is 0 Å². The molecule has 3 unspecified atom stereocenters. The van der Waals surface area contributed by atoms with Crippen molar-refractivity contribution in [2.45, 2.75) is 45.0 Å². The van der Waals surface area contributed by atoms with Gasteiger partial charge in [-0.2, -0.15) is 4.94 Å². The molecule has 78 valence electrons. The first kappa shape index (κ1) is 10.9. The molecule has 1 aliphatic rings. The second kappa shape index (κ2) is 4.88. The molecule has 1 fully saturated rings. The Labute approximate surface area is 77.7 Å². The Kier molecular flexibility index (Phi) is 4.09. The van der Waals surface area contributed by atoms with Crippen LogP contribution in [0.4, 0.5) is 4.53 Å². The van der Waals surface area contributed by atoms with Crippen molar-refractivity contribution in [3.63, 3.8) is 0 Å². The van der Waals surface area contributed by atoms with Gasteiger partial charge in [0, 0.05) is 6.42 Å². The molecule has 0 radical (unpaired) electrons. The fraction of sp³-hybridized carbons (Fsp3) is 1.00. The lowest BCUT2D eigenvalue weighted by Crippen LogP contribution is -2.40. The molecule has 1 aliphatic heterocycles. The predicted molar refractivity (Wildman–Crippen MR) is 45.8 cm³/mol. The Bertz CT molecular complexity index is 152. The molecule has 13 heavy (non-hydrogen) atoms. The van der Waals surface area contributed by atoms with Crippen LogP contribution in [0, 0.1) is 5.92 Å². The van der Waals surface area contributed by atoms with Gasteiger partial charge in [-0.25, -0.2) is 0 Å². The highest BCUT2D eigenvalue weighted by Gasteiger charge is 2.30. The monoisotopic (exact) mass is 192 g/mol. The zero-order valence-electron chi connectivity index (χ0n) is 8.07. The van der Waals surface area contributed by atoms with Gasteiger partial charge in [-0.1, -0.05) is 13.8 Å². The molecule has 0 aromatic rings. The minimum Gasteiger partial charge on any atom is -0.393 e. The first-order valence-electron chi connectivity index (χ1n) is 4.70. The second-order valence-corrected chi connectivity index (χ2v) is 3.94. The number of halogens is 1. The van der Waals surface area contributed by atoms with Crippen molar-refractivity contribution < 1.29 is 19.3 Å². The maximum absolute atomic E-state index is 11.6. The molecular weight excluding hydrogens is 175 g/mol. The Hall–Kier alpha value is -0.190. The lowest BCUT2D eigenvalue weighted by molar-refractivity contribution is -0.199. The van der Waals surface area contributed by atoms with E-state index in [9.17, 15) is 9.63 Å².